The van der Waals surface area contributed by atoms with E-state index in [1.165, 1.54) is 12.8 Å². The fraction of sp³-hybridized carbons (Fsp3) is 1.00. The molecule has 2 saturated heterocycles. The summed E-state index contributed by atoms with van der Waals surface area (Å²) in [6.45, 7) is 5.10. The number of ether oxygens (including phenoxy) is 2. The van der Waals surface area contributed by atoms with Gasteiger partial charge in [0.1, 0.15) is 0 Å². The minimum Gasteiger partial charge on any atom is -0.378 e. The molecule has 2 aliphatic rings. The Morgan fingerprint density at radius 3 is 2.79 bits per heavy atom. The van der Waals surface area contributed by atoms with E-state index in [2.05, 4.69) is 12.2 Å². The summed E-state index contributed by atoms with van der Waals surface area (Å²) in [6, 6.07) is 0.566. The molecule has 2 rings (SSSR count). The van der Waals surface area contributed by atoms with Crippen LogP contribution in [0.15, 0.2) is 0 Å². The number of nitrogens with one attached hydrogen (secondary N) is 1. The van der Waals surface area contributed by atoms with Gasteiger partial charge in [0.05, 0.1) is 12.2 Å². The van der Waals surface area contributed by atoms with Gasteiger partial charge < -0.3 is 14.8 Å². The van der Waals surface area contributed by atoms with Crippen LogP contribution in [0.5, 0.6) is 0 Å². The molecule has 14 heavy (non-hydrogen) atoms. The highest BCUT2D eigenvalue weighted by Gasteiger charge is 2.23. The second-order valence-corrected chi connectivity index (χ2v) is 4.35. The van der Waals surface area contributed by atoms with Crippen molar-refractivity contribution >= 4 is 0 Å². The van der Waals surface area contributed by atoms with Crippen LogP contribution in [-0.2, 0) is 9.47 Å². The molecule has 0 aromatic rings. The Morgan fingerprint density at radius 1 is 1.21 bits per heavy atom. The van der Waals surface area contributed by atoms with Gasteiger partial charge in [-0.1, -0.05) is 0 Å². The van der Waals surface area contributed by atoms with E-state index in [0.29, 0.717) is 18.2 Å². The molecule has 0 bridgehead atoms. The van der Waals surface area contributed by atoms with Gasteiger partial charge in [0.15, 0.2) is 0 Å². The largest absolute Gasteiger partial charge is 0.378 e. The SMILES string of the molecule is CC1OCCC1NCCC1CCCO1. The first-order chi connectivity index (χ1) is 6.86. The Balaban J connectivity index is 1.57. The first-order valence-corrected chi connectivity index (χ1v) is 5.83. The van der Waals surface area contributed by atoms with Crippen molar-refractivity contribution in [1.82, 2.24) is 5.32 Å². The second kappa shape index (κ2) is 5.10. The average Bonchev–Trinajstić information content (AvgIpc) is 2.78. The Kier molecular flexibility index (Phi) is 3.79. The van der Waals surface area contributed by atoms with Gasteiger partial charge in [0.2, 0.25) is 0 Å². The van der Waals surface area contributed by atoms with Crippen LogP contribution in [0.3, 0.4) is 0 Å². The van der Waals surface area contributed by atoms with Crippen molar-refractivity contribution in [3.8, 4) is 0 Å². The maximum atomic E-state index is 5.57. The van der Waals surface area contributed by atoms with E-state index in [0.717, 1.165) is 32.6 Å². The lowest BCUT2D eigenvalue weighted by Crippen LogP contribution is -2.36. The molecule has 0 aromatic carbocycles. The molecule has 3 atom stereocenters. The van der Waals surface area contributed by atoms with E-state index < -0.39 is 0 Å². The van der Waals surface area contributed by atoms with Crippen LogP contribution in [0.2, 0.25) is 0 Å². The van der Waals surface area contributed by atoms with Crippen molar-refractivity contribution in [3.63, 3.8) is 0 Å². The van der Waals surface area contributed by atoms with E-state index in [1.54, 1.807) is 0 Å². The van der Waals surface area contributed by atoms with Crippen LogP contribution >= 0.6 is 0 Å². The van der Waals surface area contributed by atoms with Gasteiger partial charge in [-0.2, -0.15) is 0 Å². The van der Waals surface area contributed by atoms with E-state index in [4.69, 9.17) is 9.47 Å². The van der Waals surface area contributed by atoms with Gasteiger partial charge in [-0.15, -0.1) is 0 Å². The molecule has 0 saturated carbocycles. The van der Waals surface area contributed by atoms with Crippen LogP contribution in [0.25, 0.3) is 0 Å². The monoisotopic (exact) mass is 199 g/mol. The van der Waals surface area contributed by atoms with Gasteiger partial charge in [0.25, 0.3) is 0 Å². The molecular formula is C11H21NO2. The predicted octanol–water partition coefficient (Wildman–Crippen LogP) is 1.32. The molecule has 2 heterocycles. The van der Waals surface area contributed by atoms with E-state index in [-0.39, 0.29) is 0 Å². The number of rotatable bonds is 4. The summed E-state index contributed by atoms with van der Waals surface area (Å²) in [5.41, 5.74) is 0. The van der Waals surface area contributed by atoms with Gasteiger partial charge in [-0.25, -0.2) is 0 Å². The maximum Gasteiger partial charge on any atom is 0.0700 e. The second-order valence-electron chi connectivity index (χ2n) is 4.35. The van der Waals surface area contributed by atoms with E-state index >= 15 is 0 Å². The standard InChI is InChI=1S/C11H21NO2/c1-9-11(5-8-13-9)12-6-4-10-3-2-7-14-10/h9-12H,2-8H2,1H3. The van der Waals surface area contributed by atoms with Gasteiger partial charge in [-0.3, -0.25) is 0 Å². The summed E-state index contributed by atoms with van der Waals surface area (Å²) in [5.74, 6) is 0. The molecule has 0 amide bonds. The average molecular weight is 199 g/mol. The molecule has 3 nitrogen and oxygen atoms in total. The summed E-state index contributed by atoms with van der Waals surface area (Å²) in [5, 5.41) is 3.55. The molecule has 82 valence electrons. The molecular weight excluding hydrogens is 178 g/mol. The smallest absolute Gasteiger partial charge is 0.0700 e. The van der Waals surface area contributed by atoms with Crippen molar-refractivity contribution in [1.29, 1.82) is 0 Å². The first kappa shape index (κ1) is 10.4. The summed E-state index contributed by atoms with van der Waals surface area (Å²) in [6.07, 6.45) is 5.71. The third-order valence-corrected chi connectivity index (χ3v) is 3.27. The zero-order chi connectivity index (χ0) is 9.80. The molecule has 0 radical (unpaired) electrons. The number of hydrogen-bond donors (Lipinski definition) is 1. The summed E-state index contributed by atoms with van der Waals surface area (Å²) in [4.78, 5) is 0. The summed E-state index contributed by atoms with van der Waals surface area (Å²) < 4.78 is 11.1. The normalized spacial score (nSPS) is 37.9. The van der Waals surface area contributed by atoms with Crippen LogP contribution in [0.4, 0.5) is 0 Å². The lowest BCUT2D eigenvalue weighted by atomic mass is 10.1. The Morgan fingerprint density at radius 2 is 2.14 bits per heavy atom. The Bertz CT molecular complexity index is 169. The fourth-order valence-corrected chi connectivity index (χ4v) is 2.30. The molecule has 2 aliphatic heterocycles. The van der Waals surface area contributed by atoms with Gasteiger partial charge in [-0.05, 0) is 39.2 Å². The zero-order valence-corrected chi connectivity index (χ0v) is 9.00. The van der Waals surface area contributed by atoms with Crippen LogP contribution in [-0.4, -0.2) is 38.0 Å². The van der Waals surface area contributed by atoms with Crippen LogP contribution < -0.4 is 5.32 Å². The fourth-order valence-electron chi connectivity index (χ4n) is 2.30. The Labute approximate surface area is 86.2 Å². The highest BCUT2D eigenvalue weighted by molar-refractivity contribution is 4.79. The molecule has 0 aromatic heterocycles. The molecule has 3 heteroatoms. The van der Waals surface area contributed by atoms with Crippen LogP contribution in [0, 0.1) is 0 Å². The molecule has 1 N–H and O–H groups in total. The first-order valence-electron chi connectivity index (χ1n) is 5.83. The van der Waals surface area contributed by atoms with Gasteiger partial charge in [0, 0.05) is 19.3 Å². The number of hydrogen-bond acceptors (Lipinski definition) is 3. The Hall–Kier alpha value is -0.120. The van der Waals surface area contributed by atoms with Crippen LogP contribution in [0.1, 0.15) is 32.6 Å². The topological polar surface area (TPSA) is 30.5 Å². The molecule has 0 spiro atoms. The van der Waals surface area contributed by atoms with Crippen molar-refractivity contribution in [2.75, 3.05) is 19.8 Å². The molecule has 2 fully saturated rings. The maximum absolute atomic E-state index is 5.57. The van der Waals surface area contributed by atoms with Crippen molar-refractivity contribution in [2.24, 2.45) is 0 Å². The van der Waals surface area contributed by atoms with Crippen molar-refractivity contribution in [2.45, 2.75) is 50.9 Å². The minimum absolute atomic E-state index is 0.388. The highest BCUT2D eigenvalue weighted by Crippen LogP contribution is 2.16. The van der Waals surface area contributed by atoms with Crippen molar-refractivity contribution in [3.05, 3.63) is 0 Å². The quantitative estimate of drug-likeness (QED) is 0.741. The summed E-state index contributed by atoms with van der Waals surface area (Å²) >= 11 is 0. The highest BCUT2D eigenvalue weighted by atomic mass is 16.5. The predicted molar refractivity (Wildman–Crippen MR) is 55.4 cm³/mol. The lowest BCUT2D eigenvalue weighted by molar-refractivity contribution is 0.0973. The minimum atomic E-state index is 0.388. The van der Waals surface area contributed by atoms with E-state index in [1.807, 2.05) is 0 Å². The van der Waals surface area contributed by atoms with Gasteiger partial charge >= 0.3 is 0 Å². The zero-order valence-electron chi connectivity index (χ0n) is 9.00. The molecule has 3 unspecified atom stereocenters. The lowest BCUT2D eigenvalue weighted by Gasteiger charge is -2.17. The third kappa shape index (κ3) is 2.69. The summed E-state index contributed by atoms with van der Waals surface area (Å²) in [7, 11) is 0. The van der Waals surface area contributed by atoms with Crippen molar-refractivity contribution < 1.29 is 9.47 Å². The van der Waals surface area contributed by atoms with E-state index in [9.17, 15) is 0 Å². The third-order valence-electron chi connectivity index (χ3n) is 3.27. The molecule has 0 aliphatic carbocycles.